The van der Waals surface area contributed by atoms with Crippen LogP contribution in [0.25, 0.3) is 10.9 Å². The van der Waals surface area contributed by atoms with Crippen molar-refractivity contribution in [3.8, 4) is 0 Å². The highest BCUT2D eigenvalue weighted by Crippen LogP contribution is 2.34. The topological polar surface area (TPSA) is 38.9 Å². The summed E-state index contributed by atoms with van der Waals surface area (Å²) in [4.78, 5) is 4.83. The molecule has 0 saturated carbocycles. The summed E-state index contributed by atoms with van der Waals surface area (Å²) in [7, 11) is 0. The van der Waals surface area contributed by atoms with E-state index in [1.807, 2.05) is 0 Å². The fraction of sp³-hybridized carbons (Fsp3) is 0.357. The molecule has 1 aromatic carbocycles. The van der Waals surface area contributed by atoms with Crippen molar-refractivity contribution in [2.24, 2.45) is 0 Å². The van der Waals surface area contributed by atoms with E-state index in [1.54, 1.807) is 0 Å². The Morgan fingerprint density at radius 1 is 1.35 bits per heavy atom. The van der Waals surface area contributed by atoms with Crippen LogP contribution in [0.1, 0.15) is 30.2 Å². The average molecular weight is 291 g/mol. The Labute approximate surface area is 109 Å². The van der Waals surface area contributed by atoms with E-state index < -0.39 is 0 Å². The smallest absolute Gasteiger partial charge is 0.0758 e. The predicted molar refractivity (Wildman–Crippen MR) is 75.3 cm³/mol. The monoisotopic (exact) mass is 290 g/mol. The van der Waals surface area contributed by atoms with Gasteiger partial charge in [-0.3, -0.25) is 4.98 Å². The number of pyridine rings is 1. The van der Waals surface area contributed by atoms with E-state index in [0.717, 1.165) is 40.3 Å². The third kappa shape index (κ3) is 1.64. The minimum absolute atomic E-state index is 0.943. The van der Waals surface area contributed by atoms with Crippen molar-refractivity contribution in [2.45, 2.75) is 32.6 Å². The van der Waals surface area contributed by atoms with Crippen molar-refractivity contribution in [3.63, 3.8) is 0 Å². The second-order valence-electron chi connectivity index (χ2n) is 4.62. The SMILES string of the molecule is CCc1cc(Br)cc2c(N)c3c(nc12)CCC3. The Kier molecular flexibility index (Phi) is 2.58. The van der Waals surface area contributed by atoms with E-state index in [9.17, 15) is 0 Å². The van der Waals surface area contributed by atoms with Gasteiger partial charge in [-0.25, -0.2) is 0 Å². The highest BCUT2D eigenvalue weighted by molar-refractivity contribution is 9.10. The standard InChI is InChI=1S/C14H15BrN2/c1-2-8-6-9(15)7-11-13(16)10-4-3-5-12(10)17-14(8)11/h6-7H,2-5H2,1H3,(H2,16,17). The molecule has 1 aromatic heterocycles. The normalized spacial score (nSPS) is 14.2. The zero-order valence-corrected chi connectivity index (χ0v) is 11.5. The molecule has 3 rings (SSSR count). The second-order valence-corrected chi connectivity index (χ2v) is 5.53. The van der Waals surface area contributed by atoms with Crippen LogP contribution in [-0.4, -0.2) is 4.98 Å². The van der Waals surface area contributed by atoms with Gasteiger partial charge in [0.25, 0.3) is 0 Å². The summed E-state index contributed by atoms with van der Waals surface area (Å²) >= 11 is 3.56. The molecule has 0 unspecified atom stereocenters. The number of hydrogen-bond acceptors (Lipinski definition) is 2. The van der Waals surface area contributed by atoms with Gasteiger partial charge in [0.15, 0.2) is 0 Å². The van der Waals surface area contributed by atoms with Crippen LogP contribution >= 0.6 is 15.9 Å². The quantitative estimate of drug-likeness (QED) is 0.871. The Balaban J connectivity index is 2.42. The fourth-order valence-electron chi connectivity index (χ4n) is 2.70. The van der Waals surface area contributed by atoms with E-state index >= 15 is 0 Å². The summed E-state index contributed by atoms with van der Waals surface area (Å²) in [6.07, 6.45) is 4.33. The number of anilines is 1. The van der Waals surface area contributed by atoms with Gasteiger partial charge in [-0.05, 0) is 48.9 Å². The largest absolute Gasteiger partial charge is 0.398 e. The fourth-order valence-corrected chi connectivity index (χ4v) is 3.21. The minimum Gasteiger partial charge on any atom is -0.398 e. The minimum atomic E-state index is 0.943. The molecule has 2 aromatic rings. The van der Waals surface area contributed by atoms with Crippen molar-refractivity contribution in [2.75, 3.05) is 5.73 Å². The van der Waals surface area contributed by atoms with Gasteiger partial charge in [-0.2, -0.15) is 0 Å². The molecule has 0 atom stereocenters. The Morgan fingerprint density at radius 2 is 2.18 bits per heavy atom. The maximum atomic E-state index is 6.30. The molecule has 0 bridgehead atoms. The summed E-state index contributed by atoms with van der Waals surface area (Å²) in [5, 5.41) is 1.11. The van der Waals surface area contributed by atoms with Gasteiger partial charge < -0.3 is 5.73 Å². The van der Waals surface area contributed by atoms with Gasteiger partial charge in [0.1, 0.15) is 0 Å². The molecule has 0 saturated heterocycles. The van der Waals surface area contributed by atoms with Gasteiger partial charge in [0.05, 0.1) is 5.52 Å². The zero-order chi connectivity index (χ0) is 12.0. The van der Waals surface area contributed by atoms with Crippen LogP contribution in [-0.2, 0) is 19.3 Å². The van der Waals surface area contributed by atoms with E-state index in [-0.39, 0.29) is 0 Å². The Bertz CT molecular complexity index is 605. The number of nitrogen functional groups attached to an aromatic ring is 1. The summed E-state index contributed by atoms with van der Waals surface area (Å²) < 4.78 is 1.09. The molecule has 0 spiro atoms. The Morgan fingerprint density at radius 3 is 2.94 bits per heavy atom. The molecule has 2 N–H and O–H groups in total. The van der Waals surface area contributed by atoms with Crippen LogP contribution in [0, 0.1) is 0 Å². The lowest BCUT2D eigenvalue weighted by Crippen LogP contribution is -2.00. The number of rotatable bonds is 1. The maximum Gasteiger partial charge on any atom is 0.0758 e. The number of hydrogen-bond donors (Lipinski definition) is 1. The van der Waals surface area contributed by atoms with Crippen molar-refractivity contribution in [1.29, 1.82) is 0 Å². The molecule has 2 nitrogen and oxygen atoms in total. The van der Waals surface area contributed by atoms with Gasteiger partial charge in [0, 0.05) is 21.2 Å². The van der Waals surface area contributed by atoms with Crippen molar-refractivity contribution in [3.05, 3.63) is 33.4 Å². The number of halogens is 1. The van der Waals surface area contributed by atoms with Gasteiger partial charge in [-0.15, -0.1) is 0 Å². The number of benzene rings is 1. The first-order chi connectivity index (χ1) is 8.20. The summed E-state index contributed by atoms with van der Waals surface area (Å²) in [6.45, 7) is 2.16. The molecular formula is C14H15BrN2. The third-order valence-electron chi connectivity index (χ3n) is 3.59. The maximum absolute atomic E-state index is 6.30. The predicted octanol–water partition coefficient (Wildman–Crippen LogP) is 3.63. The van der Waals surface area contributed by atoms with Crippen LogP contribution in [0.2, 0.25) is 0 Å². The molecule has 1 aliphatic carbocycles. The van der Waals surface area contributed by atoms with E-state index in [0.29, 0.717) is 0 Å². The summed E-state index contributed by atoms with van der Waals surface area (Å²) in [5.74, 6) is 0. The van der Waals surface area contributed by atoms with E-state index in [2.05, 4.69) is 35.0 Å². The number of fused-ring (bicyclic) bond motifs is 2. The van der Waals surface area contributed by atoms with E-state index in [4.69, 9.17) is 10.7 Å². The van der Waals surface area contributed by atoms with Crippen LogP contribution in [0.4, 0.5) is 5.69 Å². The lowest BCUT2D eigenvalue weighted by molar-refractivity contribution is 0.901. The first kappa shape index (κ1) is 11.0. The molecule has 0 amide bonds. The number of aryl methyl sites for hydroxylation is 2. The Hall–Kier alpha value is -1.09. The van der Waals surface area contributed by atoms with Gasteiger partial charge >= 0.3 is 0 Å². The van der Waals surface area contributed by atoms with Crippen LogP contribution in [0.15, 0.2) is 16.6 Å². The van der Waals surface area contributed by atoms with Crippen LogP contribution in [0.3, 0.4) is 0 Å². The van der Waals surface area contributed by atoms with E-state index in [1.165, 1.54) is 23.2 Å². The number of nitrogens with two attached hydrogens (primary N) is 1. The van der Waals surface area contributed by atoms with Crippen molar-refractivity contribution >= 4 is 32.5 Å². The molecule has 0 radical (unpaired) electrons. The molecule has 17 heavy (non-hydrogen) atoms. The molecule has 3 heteroatoms. The van der Waals surface area contributed by atoms with Crippen LogP contribution < -0.4 is 5.73 Å². The zero-order valence-electron chi connectivity index (χ0n) is 9.89. The molecular weight excluding hydrogens is 276 g/mol. The molecule has 0 aliphatic heterocycles. The second kappa shape index (κ2) is 3.98. The highest BCUT2D eigenvalue weighted by atomic mass is 79.9. The first-order valence-corrected chi connectivity index (χ1v) is 6.89. The molecule has 88 valence electrons. The highest BCUT2D eigenvalue weighted by Gasteiger charge is 2.19. The van der Waals surface area contributed by atoms with Crippen molar-refractivity contribution in [1.82, 2.24) is 4.98 Å². The average Bonchev–Trinajstić information content (AvgIpc) is 2.78. The van der Waals surface area contributed by atoms with Gasteiger partial charge in [-0.1, -0.05) is 22.9 Å². The van der Waals surface area contributed by atoms with Gasteiger partial charge in [0.2, 0.25) is 0 Å². The molecule has 1 heterocycles. The van der Waals surface area contributed by atoms with Crippen molar-refractivity contribution < 1.29 is 0 Å². The third-order valence-corrected chi connectivity index (χ3v) is 4.04. The summed E-state index contributed by atoms with van der Waals surface area (Å²) in [5.41, 5.74) is 12.1. The molecule has 1 aliphatic rings. The first-order valence-electron chi connectivity index (χ1n) is 6.10. The molecule has 0 fully saturated rings. The lowest BCUT2D eigenvalue weighted by Gasteiger charge is -2.11. The summed E-state index contributed by atoms with van der Waals surface area (Å²) in [6, 6.07) is 4.24. The van der Waals surface area contributed by atoms with Crippen LogP contribution in [0.5, 0.6) is 0 Å². The lowest BCUT2D eigenvalue weighted by atomic mass is 10.0. The number of aromatic nitrogens is 1. The number of nitrogens with zero attached hydrogens (tertiary/aromatic N) is 1.